The second-order valence-electron chi connectivity index (χ2n) is 4.98. The summed E-state index contributed by atoms with van der Waals surface area (Å²) >= 11 is 3.34. The summed E-state index contributed by atoms with van der Waals surface area (Å²) in [5.74, 6) is 0.789. The highest BCUT2D eigenvalue weighted by Crippen LogP contribution is 2.44. The van der Waals surface area contributed by atoms with Crippen LogP contribution in [0.1, 0.15) is 30.0 Å². The van der Waals surface area contributed by atoms with Crippen LogP contribution in [0.5, 0.6) is 0 Å². The SMILES string of the molecule is Nc1nc(-c2cccc(C(F)(F)F)c2)nc(C2CC2)c1Br. The summed E-state index contributed by atoms with van der Waals surface area (Å²) in [6, 6.07) is 4.96. The van der Waals surface area contributed by atoms with Gasteiger partial charge in [-0.2, -0.15) is 13.2 Å². The Balaban J connectivity index is 2.08. The van der Waals surface area contributed by atoms with Gasteiger partial charge in [-0.15, -0.1) is 0 Å². The number of hydrogen-bond acceptors (Lipinski definition) is 3. The number of aromatic nitrogens is 2. The van der Waals surface area contributed by atoms with Crippen molar-refractivity contribution >= 4 is 21.7 Å². The predicted molar refractivity (Wildman–Crippen MR) is 76.6 cm³/mol. The second kappa shape index (κ2) is 4.98. The van der Waals surface area contributed by atoms with Crippen LogP contribution in [0.15, 0.2) is 28.7 Å². The average Bonchev–Trinajstić information content (AvgIpc) is 3.25. The molecule has 1 aliphatic carbocycles. The van der Waals surface area contributed by atoms with E-state index in [9.17, 15) is 13.2 Å². The molecule has 1 aliphatic rings. The maximum Gasteiger partial charge on any atom is 0.416 e. The van der Waals surface area contributed by atoms with Crippen molar-refractivity contribution in [3.63, 3.8) is 0 Å². The number of rotatable bonds is 2. The molecule has 3 rings (SSSR count). The molecule has 0 amide bonds. The number of halogens is 4. The molecule has 1 aromatic heterocycles. The minimum atomic E-state index is -4.39. The van der Waals surface area contributed by atoms with Crippen molar-refractivity contribution in [3.8, 4) is 11.4 Å². The van der Waals surface area contributed by atoms with Crippen molar-refractivity contribution in [1.82, 2.24) is 9.97 Å². The zero-order valence-corrected chi connectivity index (χ0v) is 12.4. The van der Waals surface area contributed by atoms with Crippen LogP contribution in [0.25, 0.3) is 11.4 Å². The maximum absolute atomic E-state index is 12.8. The fraction of sp³-hybridized carbons (Fsp3) is 0.286. The quantitative estimate of drug-likeness (QED) is 0.867. The summed E-state index contributed by atoms with van der Waals surface area (Å²) in [4.78, 5) is 8.47. The van der Waals surface area contributed by atoms with Gasteiger partial charge in [0.15, 0.2) is 5.82 Å². The molecular weight excluding hydrogens is 347 g/mol. The third-order valence-corrected chi connectivity index (χ3v) is 4.13. The zero-order valence-electron chi connectivity index (χ0n) is 10.8. The zero-order chi connectivity index (χ0) is 15.2. The van der Waals surface area contributed by atoms with Crippen LogP contribution in [-0.4, -0.2) is 9.97 Å². The Bertz CT molecular complexity index is 696. The number of nitrogens with zero attached hydrogens (tertiary/aromatic N) is 2. The van der Waals surface area contributed by atoms with E-state index in [0.717, 1.165) is 30.7 Å². The summed E-state index contributed by atoms with van der Waals surface area (Å²) < 4.78 is 39.0. The monoisotopic (exact) mass is 357 g/mol. The van der Waals surface area contributed by atoms with E-state index in [-0.39, 0.29) is 11.6 Å². The van der Waals surface area contributed by atoms with Crippen LogP contribution in [-0.2, 0) is 6.18 Å². The maximum atomic E-state index is 12.8. The number of benzene rings is 1. The van der Waals surface area contributed by atoms with Crippen LogP contribution in [0, 0.1) is 0 Å². The highest BCUT2D eigenvalue weighted by Gasteiger charge is 2.32. The summed E-state index contributed by atoms with van der Waals surface area (Å²) in [5, 5.41) is 0. The Kier molecular flexibility index (Phi) is 3.39. The minimum Gasteiger partial charge on any atom is -0.383 e. The first-order chi connectivity index (χ1) is 9.86. The molecular formula is C14H11BrF3N3. The summed E-state index contributed by atoms with van der Waals surface area (Å²) in [6.45, 7) is 0. The molecule has 0 aliphatic heterocycles. The number of hydrogen-bond donors (Lipinski definition) is 1. The average molecular weight is 358 g/mol. The number of nitrogen functional groups attached to an aromatic ring is 1. The van der Waals surface area contributed by atoms with E-state index in [1.807, 2.05) is 0 Å². The molecule has 0 spiro atoms. The van der Waals surface area contributed by atoms with Gasteiger partial charge in [-0.1, -0.05) is 12.1 Å². The van der Waals surface area contributed by atoms with E-state index in [1.54, 1.807) is 6.07 Å². The van der Waals surface area contributed by atoms with Gasteiger partial charge in [-0.3, -0.25) is 0 Å². The molecule has 1 heterocycles. The molecule has 1 saturated carbocycles. The van der Waals surface area contributed by atoms with E-state index in [0.29, 0.717) is 16.0 Å². The van der Waals surface area contributed by atoms with Gasteiger partial charge in [-0.25, -0.2) is 9.97 Å². The lowest BCUT2D eigenvalue weighted by atomic mass is 10.1. The third-order valence-electron chi connectivity index (χ3n) is 3.31. The first-order valence-electron chi connectivity index (χ1n) is 6.37. The summed E-state index contributed by atoms with van der Waals surface area (Å²) in [5.41, 5.74) is 6.19. The van der Waals surface area contributed by atoms with E-state index in [4.69, 9.17) is 5.73 Å². The number of nitrogens with two attached hydrogens (primary N) is 1. The van der Waals surface area contributed by atoms with Crippen LogP contribution in [0.3, 0.4) is 0 Å². The van der Waals surface area contributed by atoms with Crippen LogP contribution < -0.4 is 5.73 Å². The minimum absolute atomic E-state index is 0.226. The van der Waals surface area contributed by atoms with E-state index < -0.39 is 11.7 Å². The predicted octanol–water partition coefficient (Wildman–Crippen LogP) is 4.38. The number of alkyl halides is 3. The van der Waals surface area contributed by atoms with Crippen molar-refractivity contribution in [1.29, 1.82) is 0 Å². The Morgan fingerprint density at radius 3 is 2.52 bits per heavy atom. The van der Waals surface area contributed by atoms with E-state index in [1.165, 1.54) is 6.07 Å². The van der Waals surface area contributed by atoms with Gasteiger partial charge < -0.3 is 5.73 Å². The smallest absolute Gasteiger partial charge is 0.383 e. The number of anilines is 1. The fourth-order valence-electron chi connectivity index (χ4n) is 2.07. The topological polar surface area (TPSA) is 51.8 Å². The van der Waals surface area contributed by atoms with E-state index >= 15 is 0 Å². The molecule has 3 nitrogen and oxygen atoms in total. The Morgan fingerprint density at radius 1 is 1.19 bits per heavy atom. The van der Waals surface area contributed by atoms with Crippen molar-refractivity contribution in [2.24, 2.45) is 0 Å². The Hall–Kier alpha value is -1.63. The largest absolute Gasteiger partial charge is 0.416 e. The Morgan fingerprint density at radius 2 is 1.90 bits per heavy atom. The molecule has 0 radical (unpaired) electrons. The molecule has 21 heavy (non-hydrogen) atoms. The van der Waals surface area contributed by atoms with Crippen molar-refractivity contribution < 1.29 is 13.2 Å². The molecule has 0 unspecified atom stereocenters. The van der Waals surface area contributed by atoms with Crippen LogP contribution in [0.2, 0.25) is 0 Å². The highest BCUT2D eigenvalue weighted by atomic mass is 79.9. The molecule has 1 fully saturated rings. The molecule has 0 atom stereocenters. The van der Waals surface area contributed by atoms with Gasteiger partial charge in [0.2, 0.25) is 0 Å². The molecule has 0 bridgehead atoms. The van der Waals surface area contributed by atoms with Crippen molar-refractivity contribution in [3.05, 3.63) is 40.0 Å². The Labute approximate surface area is 127 Å². The van der Waals surface area contributed by atoms with Crippen LogP contribution >= 0.6 is 15.9 Å². The molecule has 0 saturated heterocycles. The first kappa shape index (κ1) is 14.3. The lowest BCUT2D eigenvalue weighted by Crippen LogP contribution is -2.06. The molecule has 2 N–H and O–H groups in total. The standard InChI is InChI=1S/C14H11BrF3N3/c15-10-11(7-4-5-7)20-13(21-12(10)19)8-2-1-3-9(6-8)14(16,17)18/h1-3,6-7H,4-5H2,(H2,19,20,21). The van der Waals surface area contributed by atoms with Gasteiger partial charge in [0.25, 0.3) is 0 Å². The second-order valence-corrected chi connectivity index (χ2v) is 5.78. The summed E-state index contributed by atoms with van der Waals surface area (Å²) in [7, 11) is 0. The molecule has 1 aromatic carbocycles. The van der Waals surface area contributed by atoms with Gasteiger partial charge in [0.1, 0.15) is 5.82 Å². The lowest BCUT2D eigenvalue weighted by molar-refractivity contribution is -0.137. The van der Waals surface area contributed by atoms with Gasteiger partial charge in [0, 0.05) is 11.5 Å². The normalized spacial score (nSPS) is 15.2. The van der Waals surface area contributed by atoms with Crippen molar-refractivity contribution in [2.75, 3.05) is 5.73 Å². The first-order valence-corrected chi connectivity index (χ1v) is 7.16. The lowest BCUT2D eigenvalue weighted by Gasteiger charge is -2.10. The molecule has 7 heteroatoms. The third kappa shape index (κ3) is 2.88. The molecule has 2 aromatic rings. The fourth-order valence-corrected chi connectivity index (χ4v) is 2.57. The van der Waals surface area contributed by atoms with E-state index in [2.05, 4.69) is 25.9 Å². The van der Waals surface area contributed by atoms with Gasteiger partial charge in [0.05, 0.1) is 15.7 Å². The summed E-state index contributed by atoms with van der Waals surface area (Å²) in [6.07, 6.45) is -2.37. The highest BCUT2D eigenvalue weighted by molar-refractivity contribution is 9.10. The van der Waals surface area contributed by atoms with Gasteiger partial charge >= 0.3 is 6.18 Å². The van der Waals surface area contributed by atoms with Crippen molar-refractivity contribution in [2.45, 2.75) is 24.9 Å². The molecule has 110 valence electrons. The van der Waals surface area contributed by atoms with Crippen LogP contribution in [0.4, 0.5) is 19.0 Å². The van der Waals surface area contributed by atoms with Gasteiger partial charge in [-0.05, 0) is 40.9 Å².